The van der Waals surface area contributed by atoms with Gasteiger partial charge in [0, 0.05) is 10.9 Å². The first-order valence-electron chi connectivity index (χ1n) is 6.09. The van der Waals surface area contributed by atoms with Gasteiger partial charge in [-0.05, 0) is 17.9 Å². The largest absolute Gasteiger partial charge is 0.240 e. The number of thiazole rings is 1. The standard InChI is InChI=1S/C15H16N2S/c1-11(2)9-12-3-5-13(6-4-12)15-17-14(7-8-16)10-18-15/h3-6,10-11H,7,9H2,1-2H3. The Kier molecular flexibility index (Phi) is 4.11. The Morgan fingerprint density at radius 3 is 2.61 bits per heavy atom. The van der Waals surface area contributed by atoms with Crippen LogP contribution in [0.2, 0.25) is 0 Å². The molecule has 0 N–H and O–H groups in total. The summed E-state index contributed by atoms with van der Waals surface area (Å²) in [6, 6.07) is 10.7. The Morgan fingerprint density at radius 2 is 2.00 bits per heavy atom. The van der Waals surface area contributed by atoms with Gasteiger partial charge >= 0.3 is 0 Å². The number of nitrogens with zero attached hydrogens (tertiary/aromatic N) is 2. The van der Waals surface area contributed by atoms with E-state index in [9.17, 15) is 0 Å². The molecule has 1 aromatic carbocycles. The van der Waals surface area contributed by atoms with Gasteiger partial charge in [-0.15, -0.1) is 11.3 Å². The molecule has 0 fully saturated rings. The van der Waals surface area contributed by atoms with E-state index in [-0.39, 0.29) is 0 Å². The molecule has 0 saturated carbocycles. The first-order valence-corrected chi connectivity index (χ1v) is 6.97. The van der Waals surface area contributed by atoms with E-state index in [1.54, 1.807) is 11.3 Å². The second-order valence-electron chi connectivity index (χ2n) is 4.77. The van der Waals surface area contributed by atoms with Crippen LogP contribution < -0.4 is 0 Å². The third-order valence-electron chi connectivity index (χ3n) is 2.66. The Morgan fingerprint density at radius 1 is 1.28 bits per heavy atom. The van der Waals surface area contributed by atoms with Crippen molar-refractivity contribution in [1.82, 2.24) is 4.98 Å². The van der Waals surface area contributed by atoms with E-state index in [0.29, 0.717) is 12.3 Å². The molecule has 0 atom stereocenters. The van der Waals surface area contributed by atoms with Crippen molar-refractivity contribution in [3.05, 3.63) is 40.9 Å². The molecule has 0 radical (unpaired) electrons. The van der Waals surface area contributed by atoms with E-state index >= 15 is 0 Å². The van der Waals surface area contributed by atoms with Crippen molar-refractivity contribution in [2.24, 2.45) is 5.92 Å². The van der Waals surface area contributed by atoms with Crippen molar-refractivity contribution in [1.29, 1.82) is 5.26 Å². The lowest BCUT2D eigenvalue weighted by atomic mass is 10.0. The van der Waals surface area contributed by atoms with Gasteiger partial charge in [0.1, 0.15) is 5.01 Å². The predicted molar refractivity (Wildman–Crippen MR) is 75.4 cm³/mol. The molecule has 0 unspecified atom stereocenters. The maximum absolute atomic E-state index is 8.63. The zero-order chi connectivity index (χ0) is 13.0. The molecular weight excluding hydrogens is 240 g/mol. The highest BCUT2D eigenvalue weighted by Gasteiger charge is 2.05. The number of hydrogen-bond acceptors (Lipinski definition) is 3. The first-order chi connectivity index (χ1) is 8.69. The fraction of sp³-hybridized carbons (Fsp3) is 0.333. The van der Waals surface area contributed by atoms with E-state index in [1.165, 1.54) is 5.56 Å². The molecule has 92 valence electrons. The summed E-state index contributed by atoms with van der Waals surface area (Å²) in [4.78, 5) is 4.46. The van der Waals surface area contributed by atoms with Crippen molar-refractivity contribution < 1.29 is 0 Å². The second kappa shape index (κ2) is 5.79. The van der Waals surface area contributed by atoms with Crippen molar-refractivity contribution in [3.63, 3.8) is 0 Å². The molecule has 0 saturated heterocycles. The normalized spacial score (nSPS) is 10.6. The maximum atomic E-state index is 8.63. The highest BCUT2D eigenvalue weighted by Crippen LogP contribution is 2.24. The molecular formula is C15H16N2S. The highest BCUT2D eigenvalue weighted by atomic mass is 32.1. The molecule has 2 rings (SSSR count). The van der Waals surface area contributed by atoms with Crippen LogP contribution in [0.15, 0.2) is 29.6 Å². The zero-order valence-corrected chi connectivity index (χ0v) is 11.5. The maximum Gasteiger partial charge on any atom is 0.123 e. The van der Waals surface area contributed by atoms with Crippen molar-refractivity contribution >= 4 is 11.3 Å². The number of rotatable bonds is 4. The van der Waals surface area contributed by atoms with Crippen LogP contribution in [0.3, 0.4) is 0 Å². The minimum Gasteiger partial charge on any atom is -0.240 e. The van der Waals surface area contributed by atoms with Crippen LogP contribution in [-0.2, 0) is 12.8 Å². The molecule has 2 aromatic rings. The van der Waals surface area contributed by atoms with E-state index in [2.05, 4.69) is 49.2 Å². The van der Waals surface area contributed by atoms with Gasteiger partial charge in [-0.3, -0.25) is 0 Å². The van der Waals surface area contributed by atoms with Gasteiger partial charge in [0.2, 0.25) is 0 Å². The van der Waals surface area contributed by atoms with Crippen LogP contribution in [0.5, 0.6) is 0 Å². The fourth-order valence-electron chi connectivity index (χ4n) is 1.86. The van der Waals surface area contributed by atoms with E-state index in [4.69, 9.17) is 5.26 Å². The summed E-state index contributed by atoms with van der Waals surface area (Å²) in [6.45, 7) is 4.45. The molecule has 0 aliphatic rings. The second-order valence-corrected chi connectivity index (χ2v) is 5.63. The van der Waals surface area contributed by atoms with Gasteiger partial charge in [0.25, 0.3) is 0 Å². The average molecular weight is 256 g/mol. The molecule has 0 amide bonds. The van der Waals surface area contributed by atoms with Crippen LogP contribution in [0, 0.1) is 17.2 Å². The van der Waals surface area contributed by atoms with Gasteiger partial charge in [-0.1, -0.05) is 38.1 Å². The topological polar surface area (TPSA) is 36.7 Å². The van der Waals surface area contributed by atoms with Crippen LogP contribution in [-0.4, -0.2) is 4.98 Å². The van der Waals surface area contributed by atoms with Crippen molar-refractivity contribution in [2.45, 2.75) is 26.7 Å². The van der Waals surface area contributed by atoms with Gasteiger partial charge in [-0.25, -0.2) is 4.98 Å². The summed E-state index contributed by atoms with van der Waals surface area (Å²) >= 11 is 1.60. The first kappa shape index (κ1) is 12.8. The Labute approximate surface area is 112 Å². The minimum atomic E-state index is 0.391. The molecule has 0 bridgehead atoms. The summed E-state index contributed by atoms with van der Waals surface area (Å²) < 4.78 is 0. The van der Waals surface area contributed by atoms with Gasteiger partial charge in [-0.2, -0.15) is 5.26 Å². The summed E-state index contributed by atoms with van der Waals surface area (Å²) in [5.41, 5.74) is 3.36. The Balaban J connectivity index is 2.15. The molecule has 3 heteroatoms. The molecule has 18 heavy (non-hydrogen) atoms. The smallest absolute Gasteiger partial charge is 0.123 e. The van der Waals surface area contributed by atoms with Gasteiger partial charge in [0.05, 0.1) is 18.2 Å². The average Bonchev–Trinajstić information content (AvgIpc) is 2.78. The monoisotopic (exact) mass is 256 g/mol. The summed E-state index contributed by atoms with van der Waals surface area (Å²) in [5, 5.41) is 11.6. The quantitative estimate of drug-likeness (QED) is 0.826. The highest BCUT2D eigenvalue weighted by molar-refractivity contribution is 7.13. The van der Waals surface area contributed by atoms with Crippen LogP contribution in [0.25, 0.3) is 10.6 Å². The van der Waals surface area contributed by atoms with Crippen LogP contribution >= 0.6 is 11.3 Å². The lowest BCUT2D eigenvalue weighted by molar-refractivity contribution is 0.647. The zero-order valence-electron chi connectivity index (χ0n) is 10.7. The lowest BCUT2D eigenvalue weighted by Gasteiger charge is -2.05. The van der Waals surface area contributed by atoms with Crippen LogP contribution in [0.4, 0.5) is 0 Å². The van der Waals surface area contributed by atoms with Gasteiger partial charge < -0.3 is 0 Å². The SMILES string of the molecule is CC(C)Cc1ccc(-c2nc(CC#N)cs2)cc1. The summed E-state index contributed by atoms with van der Waals surface area (Å²) in [6.07, 6.45) is 1.50. The molecule has 0 aliphatic heterocycles. The van der Waals surface area contributed by atoms with Crippen molar-refractivity contribution in [2.75, 3.05) is 0 Å². The number of benzene rings is 1. The van der Waals surface area contributed by atoms with Gasteiger partial charge in [0.15, 0.2) is 0 Å². The third kappa shape index (κ3) is 3.18. The molecule has 0 spiro atoms. The lowest BCUT2D eigenvalue weighted by Crippen LogP contribution is -1.93. The van der Waals surface area contributed by atoms with E-state index in [1.807, 2.05) is 5.38 Å². The Bertz CT molecular complexity index is 547. The molecule has 1 heterocycles. The fourth-order valence-corrected chi connectivity index (χ4v) is 2.68. The number of nitriles is 1. The molecule has 0 aliphatic carbocycles. The summed E-state index contributed by atoms with van der Waals surface area (Å²) in [5.74, 6) is 0.679. The number of aromatic nitrogens is 1. The van der Waals surface area contributed by atoms with Crippen molar-refractivity contribution in [3.8, 4) is 16.6 Å². The third-order valence-corrected chi connectivity index (χ3v) is 3.60. The molecule has 1 aromatic heterocycles. The summed E-state index contributed by atoms with van der Waals surface area (Å²) in [7, 11) is 0. The minimum absolute atomic E-state index is 0.391. The Hall–Kier alpha value is -1.66. The molecule has 2 nitrogen and oxygen atoms in total. The van der Waals surface area contributed by atoms with Crippen LogP contribution in [0.1, 0.15) is 25.1 Å². The van der Waals surface area contributed by atoms with E-state index in [0.717, 1.165) is 22.7 Å². The number of hydrogen-bond donors (Lipinski definition) is 0. The predicted octanol–water partition coefficient (Wildman–Crippen LogP) is 4.07. The van der Waals surface area contributed by atoms with E-state index < -0.39 is 0 Å².